The van der Waals surface area contributed by atoms with Crippen molar-refractivity contribution in [2.45, 2.75) is 88.3 Å². The molecule has 0 saturated carbocycles. The minimum Gasteiger partial charge on any atom is -0.488 e. The quantitative estimate of drug-likeness (QED) is 0.113. The van der Waals surface area contributed by atoms with Crippen molar-refractivity contribution in [2.75, 3.05) is 25.6 Å². The fraction of sp³-hybridized carbons (Fsp3) is 0.457. The number of nitrogens with zero attached hydrogens (tertiary/aromatic N) is 3. The summed E-state index contributed by atoms with van der Waals surface area (Å²) in [6.45, 7) is 4.30. The van der Waals surface area contributed by atoms with Crippen LogP contribution in [0.15, 0.2) is 66.0 Å². The molecule has 0 radical (unpaired) electrons. The molecular formula is C35H44N4O10S. The first-order valence-corrected chi connectivity index (χ1v) is 18.1. The minimum absolute atomic E-state index is 0.0596. The van der Waals surface area contributed by atoms with E-state index in [0.717, 1.165) is 30.9 Å². The van der Waals surface area contributed by atoms with Crippen molar-refractivity contribution in [2.24, 2.45) is 0 Å². The second-order valence-electron chi connectivity index (χ2n) is 12.0. The molecule has 1 aromatic heterocycles. The molecule has 2 aromatic carbocycles. The van der Waals surface area contributed by atoms with Gasteiger partial charge in [0, 0.05) is 19.0 Å². The summed E-state index contributed by atoms with van der Waals surface area (Å²) in [6.07, 6.45) is 7.35. The first kappa shape index (κ1) is 38.0. The van der Waals surface area contributed by atoms with E-state index in [1.54, 1.807) is 23.6 Å². The first-order valence-electron chi connectivity index (χ1n) is 16.7. The lowest BCUT2D eigenvalue weighted by Crippen LogP contribution is -2.44. The van der Waals surface area contributed by atoms with E-state index in [1.165, 1.54) is 42.7 Å². The van der Waals surface area contributed by atoms with Crippen LogP contribution in [0.25, 0.3) is 0 Å². The molecule has 2 heterocycles. The molecule has 14 nitrogen and oxygen atoms in total. The number of hydrogen-bond acceptors (Lipinski definition) is 10. The Bertz CT molecular complexity index is 1740. The number of anilines is 1. The lowest BCUT2D eigenvalue weighted by atomic mass is 10.1. The second-order valence-corrected chi connectivity index (χ2v) is 13.3. The molecule has 2 amide bonds. The molecule has 50 heavy (non-hydrogen) atoms. The zero-order valence-electron chi connectivity index (χ0n) is 28.4. The fourth-order valence-corrected chi connectivity index (χ4v) is 6.57. The van der Waals surface area contributed by atoms with Crippen LogP contribution in [0.4, 0.5) is 5.82 Å². The van der Waals surface area contributed by atoms with Gasteiger partial charge in [0.25, 0.3) is 16.0 Å². The number of unbranched alkanes of at least 4 members (excludes halogenated alkanes) is 3. The van der Waals surface area contributed by atoms with Crippen LogP contribution in [0, 0.1) is 0 Å². The van der Waals surface area contributed by atoms with E-state index in [1.807, 2.05) is 12.1 Å². The average molecular weight is 713 g/mol. The SMILES string of the molecule is CCCCCC[C@H](C(=O)N1C[C@@H](Oc2ccc(CCC(=O)OCC)cc2)C[C@H]1C(=O)OC)n1cnc(NC(=O)c2ccccc2S(=O)(=O)O)c1. The van der Waals surface area contributed by atoms with Gasteiger partial charge in [-0.2, -0.15) is 8.42 Å². The summed E-state index contributed by atoms with van der Waals surface area (Å²) < 4.78 is 51.0. The highest BCUT2D eigenvalue weighted by Crippen LogP contribution is 2.30. The summed E-state index contributed by atoms with van der Waals surface area (Å²) in [5.74, 6) is -1.38. The van der Waals surface area contributed by atoms with Gasteiger partial charge in [0.1, 0.15) is 28.8 Å². The van der Waals surface area contributed by atoms with Gasteiger partial charge < -0.3 is 29.0 Å². The average Bonchev–Trinajstić information content (AvgIpc) is 3.74. The third-order valence-corrected chi connectivity index (χ3v) is 9.31. The smallest absolute Gasteiger partial charge is 0.328 e. The number of aromatic nitrogens is 2. The normalized spacial score (nSPS) is 16.4. The van der Waals surface area contributed by atoms with E-state index in [4.69, 9.17) is 14.2 Å². The number of nitrogens with one attached hydrogen (secondary N) is 1. The Morgan fingerprint density at radius 3 is 2.46 bits per heavy atom. The monoisotopic (exact) mass is 712 g/mol. The molecule has 0 unspecified atom stereocenters. The molecule has 1 fully saturated rings. The molecule has 1 aliphatic heterocycles. The minimum atomic E-state index is -4.66. The van der Waals surface area contributed by atoms with Gasteiger partial charge in [-0.05, 0) is 49.6 Å². The molecule has 15 heteroatoms. The van der Waals surface area contributed by atoms with Crippen molar-refractivity contribution in [1.82, 2.24) is 14.5 Å². The Morgan fingerprint density at radius 2 is 1.78 bits per heavy atom. The first-order chi connectivity index (χ1) is 23.9. The largest absolute Gasteiger partial charge is 0.488 e. The van der Waals surface area contributed by atoms with Gasteiger partial charge in [0.15, 0.2) is 5.82 Å². The predicted molar refractivity (Wildman–Crippen MR) is 182 cm³/mol. The summed E-state index contributed by atoms with van der Waals surface area (Å²) in [7, 11) is -3.40. The Morgan fingerprint density at radius 1 is 1.04 bits per heavy atom. The molecule has 4 rings (SSSR count). The van der Waals surface area contributed by atoms with Gasteiger partial charge in [0.2, 0.25) is 5.91 Å². The highest BCUT2D eigenvalue weighted by atomic mass is 32.2. The number of benzene rings is 2. The number of carbonyl (C=O) groups is 4. The Hall–Kier alpha value is -4.76. The number of methoxy groups -OCH3 is 1. The standard InChI is InChI=1S/C35H44N4O10S/c1-4-6-7-8-12-28(38-22-31(36-23-38)37-33(41)27-11-9-10-13-30(27)50(44,45)46)34(42)39-21-26(20-29(39)35(43)47-3)49-25-17-14-24(15-18-25)16-19-32(40)48-5-2/h9-11,13-15,17-18,22-23,26,28-29H,4-8,12,16,19-21H2,1-3H3,(H,37,41)(H,44,45,46)/t26-,28+,29-/m0/s1. The van der Waals surface area contributed by atoms with Crippen LogP contribution in [0.3, 0.4) is 0 Å². The number of carbonyl (C=O) groups excluding carboxylic acids is 4. The van der Waals surface area contributed by atoms with Gasteiger partial charge >= 0.3 is 11.9 Å². The van der Waals surface area contributed by atoms with Crippen LogP contribution >= 0.6 is 0 Å². The number of rotatable bonds is 17. The van der Waals surface area contributed by atoms with E-state index in [2.05, 4.69) is 17.2 Å². The lowest BCUT2D eigenvalue weighted by Gasteiger charge is -2.28. The van der Waals surface area contributed by atoms with Crippen molar-refractivity contribution in [1.29, 1.82) is 0 Å². The molecule has 0 spiro atoms. The maximum atomic E-state index is 14.3. The molecule has 2 N–H and O–H groups in total. The predicted octanol–water partition coefficient (Wildman–Crippen LogP) is 4.61. The van der Waals surface area contributed by atoms with Crippen molar-refractivity contribution < 1.29 is 46.4 Å². The maximum Gasteiger partial charge on any atom is 0.328 e. The zero-order chi connectivity index (χ0) is 36.3. The molecule has 1 aliphatic rings. The summed E-state index contributed by atoms with van der Waals surface area (Å²) in [4.78, 5) is 57.0. The highest BCUT2D eigenvalue weighted by molar-refractivity contribution is 7.86. The third kappa shape index (κ3) is 10.1. The molecule has 3 aromatic rings. The fourth-order valence-electron chi connectivity index (χ4n) is 5.88. The van der Waals surface area contributed by atoms with Crippen LogP contribution in [-0.4, -0.2) is 83.6 Å². The van der Waals surface area contributed by atoms with Gasteiger partial charge in [-0.1, -0.05) is 56.9 Å². The van der Waals surface area contributed by atoms with Crippen molar-refractivity contribution in [3.05, 3.63) is 72.2 Å². The van der Waals surface area contributed by atoms with E-state index in [0.29, 0.717) is 31.6 Å². The maximum absolute atomic E-state index is 14.3. The molecule has 0 aliphatic carbocycles. The second kappa shape index (κ2) is 17.8. The number of amides is 2. The zero-order valence-corrected chi connectivity index (χ0v) is 29.3. The summed E-state index contributed by atoms with van der Waals surface area (Å²) in [6, 6.07) is 10.8. The molecule has 1 saturated heterocycles. The van der Waals surface area contributed by atoms with Gasteiger partial charge in [-0.3, -0.25) is 18.9 Å². The van der Waals surface area contributed by atoms with Crippen molar-refractivity contribution in [3.63, 3.8) is 0 Å². The summed E-state index contributed by atoms with van der Waals surface area (Å²) >= 11 is 0. The van der Waals surface area contributed by atoms with Crippen molar-refractivity contribution >= 4 is 39.7 Å². The topological polar surface area (TPSA) is 183 Å². The molecule has 270 valence electrons. The van der Waals surface area contributed by atoms with E-state index < -0.39 is 45.1 Å². The summed E-state index contributed by atoms with van der Waals surface area (Å²) in [5, 5.41) is 2.54. The Labute approximate surface area is 291 Å². The van der Waals surface area contributed by atoms with Crippen LogP contribution in [0.5, 0.6) is 5.75 Å². The van der Waals surface area contributed by atoms with Gasteiger partial charge in [-0.25, -0.2) is 9.78 Å². The van der Waals surface area contributed by atoms with E-state index in [-0.39, 0.29) is 42.6 Å². The van der Waals surface area contributed by atoms with Crippen LogP contribution in [0.2, 0.25) is 0 Å². The number of esters is 2. The Balaban J connectivity index is 1.51. The number of likely N-dealkylation sites (tertiary alicyclic amines) is 1. The number of ether oxygens (including phenoxy) is 3. The van der Waals surface area contributed by atoms with Gasteiger partial charge in [0.05, 0.1) is 32.2 Å². The molecule has 0 bridgehead atoms. The summed E-state index contributed by atoms with van der Waals surface area (Å²) in [5.41, 5.74) is 0.664. The van der Waals surface area contributed by atoms with Crippen molar-refractivity contribution in [3.8, 4) is 5.75 Å². The van der Waals surface area contributed by atoms with Gasteiger partial charge in [-0.15, -0.1) is 0 Å². The van der Waals surface area contributed by atoms with E-state index in [9.17, 15) is 32.1 Å². The van der Waals surface area contributed by atoms with Crippen LogP contribution in [-0.2, 0) is 40.4 Å². The third-order valence-electron chi connectivity index (χ3n) is 8.40. The lowest BCUT2D eigenvalue weighted by molar-refractivity contribution is -0.152. The van der Waals surface area contributed by atoms with Crippen LogP contribution in [0.1, 0.15) is 80.8 Å². The number of imidazole rings is 1. The number of aryl methyl sites for hydroxylation is 1. The van der Waals surface area contributed by atoms with E-state index >= 15 is 0 Å². The Kier molecular flexibility index (Phi) is 13.5. The van der Waals surface area contributed by atoms with Crippen LogP contribution < -0.4 is 10.1 Å². The number of hydrogen-bond donors (Lipinski definition) is 2. The molecule has 3 atom stereocenters. The highest BCUT2D eigenvalue weighted by Gasteiger charge is 2.43. The molecular weight excluding hydrogens is 668 g/mol.